The molecule has 0 aliphatic heterocycles. The molecule has 5 heteroatoms. The van der Waals surface area contributed by atoms with Crippen LogP contribution in [0, 0.1) is 13.8 Å². The Morgan fingerprint density at radius 2 is 2.00 bits per heavy atom. The molecule has 0 fully saturated rings. The van der Waals surface area contributed by atoms with Crippen molar-refractivity contribution >= 4 is 17.1 Å². The molecule has 0 atom stereocenters. The number of nitrogens with zero attached hydrogens (tertiary/aromatic N) is 1. The van der Waals surface area contributed by atoms with E-state index in [1.165, 1.54) is 0 Å². The van der Waals surface area contributed by atoms with Crippen LogP contribution >= 0.6 is 11.3 Å². The summed E-state index contributed by atoms with van der Waals surface area (Å²) in [4.78, 5) is 19.6. The van der Waals surface area contributed by atoms with Crippen molar-refractivity contribution in [3.8, 4) is 17.1 Å². The molecule has 1 aromatic carbocycles. The highest BCUT2D eigenvalue weighted by atomic mass is 32.1. The average Bonchev–Trinajstić information content (AvgIpc) is 3.10. The van der Waals surface area contributed by atoms with Crippen LogP contribution < -0.4 is 4.74 Å². The van der Waals surface area contributed by atoms with Gasteiger partial charge in [-0.2, -0.15) is 0 Å². The summed E-state index contributed by atoms with van der Waals surface area (Å²) in [6.45, 7) is 5.90. The van der Waals surface area contributed by atoms with Gasteiger partial charge in [-0.25, -0.2) is 4.98 Å². The van der Waals surface area contributed by atoms with E-state index in [9.17, 15) is 4.79 Å². The number of benzene rings is 1. The quantitative estimate of drug-likeness (QED) is 0.701. The molecule has 118 valence electrons. The van der Waals surface area contributed by atoms with Crippen molar-refractivity contribution in [3.63, 3.8) is 0 Å². The van der Waals surface area contributed by atoms with Gasteiger partial charge in [-0.3, -0.25) is 4.79 Å². The van der Waals surface area contributed by atoms with Gasteiger partial charge < -0.3 is 9.72 Å². The van der Waals surface area contributed by atoms with E-state index < -0.39 is 0 Å². The summed E-state index contributed by atoms with van der Waals surface area (Å²) in [5.41, 5.74) is 4.37. The molecule has 2 heterocycles. The van der Waals surface area contributed by atoms with Crippen molar-refractivity contribution in [2.24, 2.45) is 0 Å². The van der Waals surface area contributed by atoms with Crippen LogP contribution in [0.1, 0.15) is 33.5 Å². The van der Waals surface area contributed by atoms with Gasteiger partial charge in [0, 0.05) is 16.6 Å². The maximum atomic E-state index is 11.7. The zero-order valence-corrected chi connectivity index (χ0v) is 14.2. The zero-order valence-electron chi connectivity index (χ0n) is 13.3. The molecule has 1 N–H and O–H groups in total. The number of aromatic nitrogens is 2. The highest BCUT2D eigenvalue weighted by Crippen LogP contribution is 2.29. The van der Waals surface area contributed by atoms with Crippen LogP contribution in [0.2, 0.25) is 0 Å². The van der Waals surface area contributed by atoms with Crippen LogP contribution in [-0.2, 0) is 6.61 Å². The van der Waals surface area contributed by atoms with Gasteiger partial charge in [0.05, 0.1) is 11.4 Å². The predicted molar refractivity (Wildman–Crippen MR) is 92.2 cm³/mol. The number of Topliss-reactive ketones (excluding diaryl/α,β-unsaturated/α-hetero) is 1. The highest BCUT2D eigenvalue weighted by molar-refractivity contribution is 7.09. The lowest BCUT2D eigenvalue weighted by molar-refractivity contribution is 0.101. The van der Waals surface area contributed by atoms with Crippen molar-refractivity contribution < 1.29 is 9.53 Å². The lowest BCUT2D eigenvalue weighted by atomic mass is 10.1. The Kier molecular flexibility index (Phi) is 4.30. The number of para-hydroxylation sites is 1. The van der Waals surface area contributed by atoms with E-state index in [-0.39, 0.29) is 5.78 Å². The lowest BCUT2D eigenvalue weighted by Gasteiger charge is -2.02. The van der Waals surface area contributed by atoms with Crippen LogP contribution in [0.5, 0.6) is 5.75 Å². The van der Waals surface area contributed by atoms with Crippen molar-refractivity contribution in [2.75, 3.05) is 0 Å². The minimum atomic E-state index is 0.0744. The number of ether oxygens (including phenoxy) is 1. The van der Waals surface area contributed by atoms with E-state index in [0.29, 0.717) is 6.61 Å². The summed E-state index contributed by atoms with van der Waals surface area (Å²) in [6.07, 6.45) is 0. The van der Waals surface area contributed by atoms with Crippen molar-refractivity contribution in [3.05, 3.63) is 57.5 Å². The topological polar surface area (TPSA) is 55.0 Å². The minimum Gasteiger partial charge on any atom is -0.486 e. The molecule has 0 saturated carbocycles. The van der Waals surface area contributed by atoms with Crippen molar-refractivity contribution in [1.82, 2.24) is 9.97 Å². The summed E-state index contributed by atoms with van der Waals surface area (Å²) in [5.74, 6) is 0.903. The number of ketones is 1. The van der Waals surface area contributed by atoms with Gasteiger partial charge in [-0.15, -0.1) is 11.3 Å². The Hall–Kier alpha value is -2.40. The Bertz CT molecular complexity index is 834. The second-order valence-electron chi connectivity index (χ2n) is 5.41. The molecular weight excluding hydrogens is 308 g/mol. The monoisotopic (exact) mass is 326 g/mol. The van der Waals surface area contributed by atoms with Crippen molar-refractivity contribution in [1.29, 1.82) is 0 Å². The number of hydrogen-bond donors (Lipinski definition) is 1. The third-order valence-electron chi connectivity index (χ3n) is 3.70. The van der Waals surface area contributed by atoms with Gasteiger partial charge in [0.15, 0.2) is 5.78 Å². The van der Waals surface area contributed by atoms with E-state index in [4.69, 9.17) is 4.74 Å². The summed E-state index contributed by atoms with van der Waals surface area (Å²) < 4.78 is 5.72. The van der Waals surface area contributed by atoms with E-state index in [2.05, 4.69) is 9.97 Å². The molecule has 4 nitrogen and oxygen atoms in total. The second kappa shape index (κ2) is 6.38. The van der Waals surface area contributed by atoms with Crippen LogP contribution in [-0.4, -0.2) is 15.8 Å². The summed E-state index contributed by atoms with van der Waals surface area (Å²) in [5, 5.41) is 2.89. The molecule has 0 unspecified atom stereocenters. The molecule has 0 aliphatic rings. The van der Waals surface area contributed by atoms with E-state index in [1.807, 2.05) is 49.6 Å². The fourth-order valence-electron chi connectivity index (χ4n) is 2.69. The zero-order chi connectivity index (χ0) is 16.4. The Balaban J connectivity index is 1.80. The predicted octanol–water partition coefficient (Wildman–Crippen LogP) is 4.54. The van der Waals surface area contributed by atoms with Crippen molar-refractivity contribution in [2.45, 2.75) is 27.4 Å². The first-order valence-electron chi connectivity index (χ1n) is 7.39. The van der Waals surface area contributed by atoms with Crippen LogP contribution in [0.15, 0.2) is 35.7 Å². The SMILES string of the molecule is CC(=O)c1c(C)[nH]c(-c2csc(COc3ccccc3)n2)c1C. The summed E-state index contributed by atoms with van der Waals surface area (Å²) in [6, 6.07) is 9.68. The largest absolute Gasteiger partial charge is 0.486 e. The number of hydrogen-bond acceptors (Lipinski definition) is 4. The Labute approximate surface area is 139 Å². The second-order valence-corrected chi connectivity index (χ2v) is 6.35. The average molecular weight is 326 g/mol. The molecule has 0 bridgehead atoms. The summed E-state index contributed by atoms with van der Waals surface area (Å²) >= 11 is 1.55. The fourth-order valence-corrected chi connectivity index (χ4v) is 3.38. The first-order chi connectivity index (χ1) is 11.1. The minimum absolute atomic E-state index is 0.0744. The smallest absolute Gasteiger partial charge is 0.161 e. The summed E-state index contributed by atoms with van der Waals surface area (Å²) in [7, 11) is 0. The van der Waals surface area contributed by atoms with E-state index >= 15 is 0 Å². The number of nitrogens with one attached hydrogen (secondary N) is 1. The molecule has 23 heavy (non-hydrogen) atoms. The molecule has 0 amide bonds. The highest BCUT2D eigenvalue weighted by Gasteiger charge is 2.17. The number of carbonyl (C=O) groups excluding carboxylic acids is 1. The number of H-pyrrole nitrogens is 1. The third-order valence-corrected chi connectivity index (χ3v) is 4.53. The number of aromatic amines is 1. The molecule has 3 aromatic rings. The standard InChI is InChI=1S/C18H18N2O2S/c1-11-17(13(3)21)12(2)19-18(11)15-10-23-16(20-15)9-22-14-7-5-4-6-8-14/h4-8,10,19H,9H2,1-3H3. The van der Waals surface area contributed by atoms with Crippen LogP contribution in [0.3, 0.4) is 0 Å². The number of carbonyl (C=O) groups is 1. The van der Waals surface area contributed by atoms with Gasteiger partial charge in [-0.1, -0.05) is 18.2 Å². The number of thiazole rings is 1. The molecule has 0 aliphatic carbocycles. The number of rotatable bonds is 5. The molecule has 0 saturated heterocycles. The number of aryl methyl sites for hydroxylation is 1. The Morgan fingerprint density at radius 1 is 1.26 bits per heavy atom. The van der Waals surface area contributed by atoms with Gasteiger partial charge in [-0.05, 0) is 38.5 Å². The fraction of sp³-hybridized carbons (Fsp3) is 0.222. The van der Waals surface area contributed by atoms with E-state index in [1.54, 1.807) is 18.3 Å². The first kappa shape index (κ1) is 15.5. The normalized spacial score (nSPS) is 10.7. The van der Waals surface area contributed by atoms with Crippen LogP contribution in [0.25, 0.3) is 11.4 Å². The third kappa shape index (κ3) is 3.19. The molecular formula is C18H18N2O2S. The maximum absolute atomic E-state index is 11.7. The van der Waals surface area contributed by atoms with Gasteiger partial charge >= 0.3 is 0 Å². The lowest BCUT2D eigenvalue weighted by Crippen LogP contribution is -1.95. The Morgan fingerprint density at radius 3 is 2.65 bits per heavy atom. The van der Waals surface area contributed by atoms with Gasteiger partial charge in [0.25, 0.3) is 0 Å². The molecule has 0 radical (unpaired) electrons. The molecule has 2 aromatic heterocycles. The molecule has 3 rings (SSSR count). The van der Waals surface area contributed by atoms with E-state index in [0.717, 1.165) is 39.0 Å². The first-order valence-corrected chi connectivity index (χ1v) is 8.27. The molecule has 0 spiro atoms. The van der Waals surface area contributed by atoms with Crippen LogP contribution in [0.4, 0.5) is 0 Å². The van der Waals surface area contributed by atoms with Gasteiger partial charge in [0.1, 0.15) is 17.4 Å². The maximum Gasteiger partial charge on any atom is 0.161 e. The van der Waals surface area contributed by atoms with Gasteiger partial charge in [0.2, 0.25) is 0 Å².